The summed E-state index contributed by atoms with van der Waals surface area (Å²) in [4.78, 5) is 10.5. The van der Waals surface area contributed by atoms with Crippen LogP contribution in [0.3, 0.4) is 0 Å². The molecule has 0 saturated carbocycles. The number of aliphatic hydroxyl groups excluding tert-OH is 1. The van der Waals surface area contributed by atoms with Crippen LogP contribution in [0.4, 0.5) is 0 Å². The van der Waals surface area contributed by atoms with Crippen molar-refractivity contribution in [2.45, 2.75) is 0 Å². The van der Waals surface area contributed by atoms with E-state index in [0.717, 1.165) is 45.9 Å². The van der Waals surface area contributed by atoms with Gasteiger partial charge in [-0.25, -0.2) is 0 Å². The Hall–Kier alpha value is -1.47. The number of hydrogen-bond acceptors (Lipinski definition) is 6. The van der Waals surface area contributed by atoms with E-state index in [9.17, 15) is 4.79 Å². The minimum absolute atomic E-state index is 0.352. The van der Waals surface area contributed by atoms with Crippen LogP contribution in [0, 0.1) is 0 Å². The van der Waals surface area contributed by atoms with E-state index >= 15 is 0 Å². The second kappa shape index (κ2) is 9.46. The normalized spacial score (nSPS) is 11.4. The van der Waals surface area contributed by atoms with Crippen LogP contribution in [-0.4, -0.2) is 24.3 Å². The van der Waals surface area contributed by atoms with E-state index in [1.165, 1.54) is 11.8 Å². The maximum Gasteiger partial charge on any atom is 0.130 e. The molecule has 5 N–H and O–H groups in total. The van der Waals surface area contributed by atoms with Gasteiger partial charge in [0.1, 0.15) is 6.29 Å². The molecule has 4 nitrogen and oxygen atoms in total. The highest BCUT2D eigenvalue weighted by atomic mass is 32.2. The van der Waals surface area contributed by atoms with Crippen LogP contribution in [0.1, 0.15) is 5.56 Å². The molecule has 2 aromatic carbocycles. The Balaban J connectivity index is 0.00000106. The monoisotopic (exact) mass is 322 g/mol. The van der Waals surface area contributed by atoms with E-state index in [-0.39, 0.29) is 0 Å². The third-order valence-electron chi connectivity index (χ3n) is 2.69. The number of hydrogen-bond donors (Lipinski definition) is 3. The summed E-state index contributed by atoms with van der Waals surface area (Å²) in [6, 6.07) is 14.0. The van der Waals surface area contributed by atoms with E-state index in [2.05, 4.69) is 0 Å². The highest BCUT2D eigenvalue weighted by Crippen LogP contribution is 2.32. The topological polar surface area (TPSA) is 89.3 Å². The van der Waals surface area contributed by atoms with Gasteiger partial charge in [-0.2, -0.15) is 0 Å². The minimum atomic E-state index is 0.352. The van der Waals surface area contributed by atoms with E-state index in [0.29, 0.717) is 11.4 Å². The number of carbonyl (C=O) groups is 1. The fourth-order valence-corrected chi connectivity index (χ4v) is 3.05. The number of aliphatic hydroxyl groups is 1. The predicted octanol–water partition coefficient (Wildman–Crippen LogP) is 2.57. The van der Waals surface area contributed by atoms with Gasteiger partial charge in [-0.3, -0.25) is 5.14 Å². The van der Waals surface area contributed by atoms with Crippen molar-refractivity contribution in [3.05, 3.63) is 52.3 Å². The van der Waals surface area contributed by atoms with Crippen LogP contribution >= 0.6 is 23.7 Å². The first-order valence-electron chi connectivity index (χ1n) is 6.13. The molecule has 0 heterocycles. The Labute approximate surface area is 132 Å². The first-order chi connectivity index (χ1) is 10.3. The number of carbonyl (C=O) groups excluding carboxylic acids is 1. The first kappa shape index (κ1) is 17.6. The quantitative estimate of drug-likeness (QED) is 0.579. The van der Waals surface area contributed by atoms with Crippen LogP contribution in [0.15, 0.2) is 46.7 Å². The van der Waals surface area contributed by atoms with Gasteiger partial charge in [0.2, 0.25) is 0 Å². The van der Waals surface area contributed by atoms with Crippen LogP contribution in [0.5, 0.6) is 0 Å². The Morgan fingerprint density at radius 2 is 1.86 bits per heavy atom. The SMILES string of the molecule is CO.NS/C(SCC=O)=C(\N)c1cccc2ccccc12. The first-order valence-corrected chi connectivity index (χ1v) is 8.00. The van der Waals surface area contributed by atoms with Crippen molar-refractivity contribution in [1.82, 2.24) is 0 Å². The van der Waals surface area contributed by atoms with Crippen molar-refractivity contribution in [2.24, 2.45) is 10.9 Å². The minimum Gasteiger partial charge on any atom is -0.400 e. The molecule has 0 aliphatic rings. The van der Waals surface area contributed by atoms with Gasteiger partial charge in [0, 0.05) is 12.7 Å². The summed E-state index contributed by atoms with van der Waals surface area (Å²) in [5.41, 5.74) is 7.77. The highest BCUT2D eigenvalue weighted by Gasteiger charge is 2.09. The molecule has 0 aliphatic heterocycles. The number of fused-ring (bicyclic) bond motifs is 1. The zero-order chi connectivity index (χ0) is 15.7. The lowest BCUT2D eigenvalue weighted by Gasteiger charge is -2.10. The Kier molecular flexibility index (Phi) is 7.92. The molecule has 0 atom stereocenters. The molecule has 0 aromatic heterocycles. The summed E-state index contributed by atoms with van der Waals surface area (Å²) < 4.78 is 0.767. The molecule has 0 bridgehead atoms. The molecule has 0 fully saturated rings. The van der Waals surface area contributed by atoms with E-state index < -0.39 is 0 Å². The lowest BCUT2D eigenvalue weighted by molar-refractivity contribution is -0.105. The summed E-state index contributed by atoms with van der Waals surface area (Å²) in [6.07, 6.45) is 0.845. The van der Waals surface area contributed by atoms with Gasteiger partial charge in [0.05, 0.1) is 15.7 Å². The zero-order valence-corrected chi connectivity index (χ0v) is 13.3. The lowest BCUT2D eigenvalue weighted by Crippen LogP contribution is -2.01. The van der Waals surface area contributed by atoms with Crippen molar-refractivity contribution >= 4 is 46.5 Å². The molecule has 0 saturated heterocycles. The zero-order valence-electron chi connectivity index (χ0n) is 11.7. The molecule has 2 rings (SSSR count). The molecule has 0 spiro atoms. The lowest BCUT2D eigenvalue weighted by atomic mass is 10.0. The summed E-state index contributed by atoms with van der Waals surface area (Å²) in [5.74, 6) is 0.352. The third-order valence-corrected chi connectivity index (χ3v) is 4.55. The van der Waals surface area contributed by atoms with Gasteiger partial charge in [0.15, 0.2) is 0 Å². The number of nitrogens with two attached hydrogens (primary N) is 2. The molecule has 6 heteroatoms. The van der Waals surface area contributed by atoms with Gasteiger partial charge in [-0.1, -0.05) is 42.5 Å². The number of rotatable bonds is 5. The fraction of sp³-hybridized carbons (Fsp3) is 0.133. The third kappa shape index (κ3) is 4.50. The second-order valence-electron chi connectivity index (χ2n) is 3.82. The molecule has 0 radical (unpaired) electrons. The summed E-state index contributed by atoms with van der Waals surface area (Å²) >= 11 is 2.44. The summed E-state index contributed by atoms with van der Waals surface area (Å²) in [6.45, 7) is 0. The molecule has 0 amide bonds. The maximum absolute atomic E-state index is 10.5. The largest absolute Gasteiger partial charge is 0.400 e. The van der Waals surface area contributed by atoms with E-state index in [4.69, 9.17) is 16.0 Å². The number of aldehydes is 1. The predicted molar refractivity (Wildman–Crippen MR) is 93.5 cm³/mol. The molecule has 112 valence electrons. The standard InChI is InChI=1S/C14H14N2OS2.CH4O/c15-13(14(19-16)18-9-8-17)12-7-3-5-10-4-1-2-6-11(10)12;1-2/h1-8H,9,15-16H2;2H,1H3/b14-13-;. The molecular formula is C15H18N2O2S2. The van der Waals surface area contributed by atoms with Crippen molar-refractivity contribution in [3.63, 3.8) is 0 Å². The van der Waals surface area contributed by atoms with Gasteiger partial charge in [-0.05, 0) is 22.7 Å². The van der Waals surface area contributed by atoms with Crippen molar-refractivity contribution < 1.29 is 9.90 Å². The van der Waals surface area contributed by atoms with Crippen LogP contribution < -0.4 is 10.9 Å². The Morgan fingerprint density at radius 1 is 1.19 bits per heavy atom. The molecule has 0 aliphatic carbocycles. The smallest absolute Gasteiger partial charge is 0.130 e. The Bertz CT molecular complexity index is 625. The van der Waals surface area contributed by atoms with Gasteiger partial charge in [-0.15, -0.1) is 11.8 Å². The van der Waals surface area contributed by atoms with Crippen molar-refractivity contribution in [1.29, 1.82) is 0 Å². The van der Waals surface area contributed by atoms with Gasteiger partial charge >= 0.3 is 0 Å². The Morgan fingerprint density at radius 3 is 2.52 bits per heavy atom. The van der Waals surface area contributed by atoms with Crippen LogP contribution in [-0.2, 0) is 4.79 Å². The molecule has 21 heavy (non-hydrogen) atoms. The number of thioether (sulfide) groups is 1. The molecular weight excluding hydrogens is 304 g/mol. The van der Waals surface area contributed by atoms with E-state index in [1.807, 2.05) is 42.5 Å². The fourth-order valence-electron chi connectivity index (χ4n) is 1.86. The second-order valence-corrected chi connectivity index (χ2v) is 5.76. The summed E-state index contributed by atoms with van der Waals surface area (Å²) in [7, 11) is 1.00. The average Bonchev–Trinajstić information content (AvgIpc) is 2.56. The number of benzene rings is 2. The maximum atomic E-state index is 10.5. The van der Waals surface area contributed by atoms with Crippen LogP contribution in [0.25, 0.3) is 16.5 Å². The van der Waals surface area contributed by atoms with Crippen molar-refractivity contribution in [2.75, 3.05) is 12.9 Å². The molecule has 2 aromatic rings. The van der Waals surface area contributed by atoms with Crippen molar-refractivity contribution in [3.8, 4) is 0 Å². The average molecular weight is 322 g/mol. The van der Waals surface area contributed by atoms with Gasteiger partial charge in [0.25, 0.3) is 0 Å². The molecule has 0 unspecified atom stereocenters. The highest BCUT2D eigenvalue weighted by molar-refractivity contribution is 8.21. The van der Waals surface area contributed by atoms with E-state index in [1.54, 1.807) is 0 Å². The van der Waals surface area contributed by atoms with Gasteiger partial charge < -0.3 is 15.6 Å². The summed E-state index contributed by atoms with van der Waals surface area (Å²) in [5, 5.41) is 14.9. The van der Waals surface area contributed by atoms with Crippen LogP contribution in [0.2, 0.25) is 0 Å².